The van der Waals surface area contributed by atoms with Crippen molar-refractivity contribution in [2.24, 2.45) is 5.92 Å². The Kier molecular flexibility index (Phi) is 7.37. The lowest BCUT2D eigenvalue weighted by atomic mass is 9.96. The molecule has 1 saturated heterocycles. The van der Waals surface area contributed by atoms with Crippen LogP contribution in [-0.4, -0.2) is 65.5 Å². The van der Waals surface area contributed by atoms with Gasteiger partial charge in [-0.15, -0.1) is 0 Å². The van der Waals surface area contributed by atoms with E-state index in [1.165, 1.54) is 18.4 Å². The minimum Gasteiger partial charge on any atom is -0.497 e. The van der Waals surface area contributed by atoms with Gasteiger partial charge in [-0.2, -0.15) is 0 Å². The third-order valence-electron chi connectivity index (χ3n) is 5.38. The second-order valence-corrected chi connectivity index (χ2v) is 7.34. The van der Waals surface area contributed by atoms with E-state index >= 15 is 0 Å². The first-order valence-electron chi connectivity index (χ1n) is 10.1. The molecule has 1 unspecified atom stereocenters. The Morgan fingerprint density at radius 1 is 1.36 bits per heavy atom. The molecule has 0 saturated carbocycles. The lowest BCUT2D eigenvalue weighted by Gasteiger charge is -2.35. The summed E-state index contributed by atoms with van der Waals surface area (Å²) in [6, 6.07) is 8.29. The summed E-state index contributed by atoms with van der Waals surface area (Å²) in [6.07, 6.45) is 8.07. The molecule has 2 aromatic rings. The number of likely N-dealkylation sites (tertiary alicyclic amines) is 1. The maximum Gasteiger partial charge on any atom is 0.274 e. The summed E-state index contributed by atoms with van der Waals surface area (Å²) < 4.78 is 5.32. The number of aromatic nitrogens is 2. The zero-order valence-electron chi connectivity index (χ0n) is 16.9. The fourth-order valence-corrected chi connectivity index (χ4v) is 3.86. The molecule has 6 nitrogen and oxygen atoms in total. The average molecular weight is 383 g/mol. The predicted molar refractivity (Wildman–Crippen MR) is 109 cm³/mol. The van der Waals surface area contributed by atoms with E-state index in [-0.39, 0.29) is 5.91 Å². The maximum atomic E-state index is 12.7. The SMILES string of the molecule is CCN(CC1CCCN(CCc2cccc(OC)c2)C1)C(=O)c1cnccn1. The largest absolute Gasteiger partial charge is 0.497 e. The van der Waals surface area contributed by atoms with Crippen LogP contribution in [0.5, 0.6) is 5.75 Å². The molecule has 1 aliphatic heterocycles. The summed E-state index contributed by atoms with van der Waals surface area (Å²) in [5.74, 6) is 1.39. The van der Waals surface area contributed by atoms with E-state index in [2.05, 4.69) is 27.0 Å². The third-order valence-corrected chi connectivity index (χ3v) is 5.38. The zero-order valence-corrected chi connectivity index (χ0v) is 16.9. The van der Waals surface area contributed by atoms with Crippen molar-refractivity contribution in [1.82, 2.24) is 19.8 Å². The minimum atomic E-state index is -0.0240. The first-order chi connectivity index (χ1) is 13.7. The molecule has 2 heterocycles. The maximum absolute atomic E-state index is 12.7. The summed E-state index contributed by atoms with van der Waals surface area (Å²) in [4.78, 5) is 25.3. The Bertz CT molecular complexity index is 753. The highest BCUT2D eigenvalue weighted by atomic mass is 16.5. The summed E-state index contributed by atoms with van der Waals surface area (Å²) in [5, 5.41) is 0. The van der Waals surface area contributed by atoms with E-state index in [0.717, 1.165) is 38.3 Å². The van der Waals surface area contributed by atoms with E-state index in [1.807, 2.05) is 24.0 Å². The van der Waals surface area contributed by atoms with Crippen molar-refractivity contribution in [3.63, 3.8) is 0 Å². The number of benzene rings is 1. The molecule has 3 rings (SSSR count). The first kappa shape index (κ1) is 20.3. The number of methoxy groups -OCH3 is 1. The normalized spacial score (nSPS) is 17.3. The van der Waals surface area contributed by atoms with E-state index < -0.39 is 0 Å². The van der Waals surface area contributed by atoms with Crippen molar-refractivity contribution in [1.29, 1.82) is 0 Å². The number of amides is 1. The highest BCUT2D eigenvalue weighted by Crippen LogP contribution is 2.20. The van der Waals surface area contributed by atoms with Gasteiger partial charge < -0.3 is 14.5 Å². The second kappa shape index (κ2) is 10.2. The molecule has 1 aromatic heterocycles. The molecule has 28 heavy (non-hydrogen) atoms. The van der Waals surface area contributed by atoms with Gasteiger partial charge in [0.15, 0.2) is 0 Å². The highest BCUT2D eigenvalue weighted by Gasteiger charge is 2.24. The number of hydrogen-bond donors (Lipinski definition) is 0. The first-order valence-corrected chi connectivity index (χ1v) is 10.1. The number of rotatable bonds is 8. The molecule has 0 radical (unpaired) electrons. The van der Waals surface area contributed by atoms with Crippen LogP contribution in [0.1, 0.15) is 35.8 Å². The lowest BCUT2D eigenvalue weighted by Crippen LogP contribution is -2.43. The van der Waals surface area contributed by atoms with Crippen molar-refractivity contribution >= 4 is 5.91 Å². The van der Waals surface area contributed by atoms with Crippen LogP contribution in [0, 0.1) is 5.92 Å². The smallest absolute Gasteiger partial charge is 0.274 e. The number of nitrogens with zero attached hydrogens (tertiary/aromatic N) is 4. The Morgan fingerprint density at radius 2 is 2.25 bits per heavy atom. The third kappa shape index (κ3) is 5.52. The number of ether oxygens (including phenoxy) is 1. The molecule has 0 aliphatic carbocycles. The number of hydrogen-bond acceptors (Lipinski definition) is 5. The van der Waals surface area contributed by atoms with E-state index in [4.69, 9.17) is 4.74 Å². The fourth-order valence-electron chi connectivity index (χ4n) is 3.86. The van der Waals surface area contributed by atoms with Gasteiger partial charge in [0.2, 0.25) is 0 Å². The standard InChI is InChI=1S/C22H30N4O2/c1-3-26(22(27)21-15-23-10-11-24-21)17-19-7-5-12-25(16-19)13-9-18-6-4-8-20(14-18)28-2/h4,6,8,10-11,14-15,19H,3,5,7,9,12-13,16-17H2,1-2H3. The Hall–Kier alpha value is -2.47. The molecule has 1 aromatic carbocycles. The minimum absolute atomic E-state index is 0.0240. The number of piperidine rings is 1. The van der Waals surface area contributed by atoms with Gasteiger partial charge in [-0.3, -0.25) is 9.78 Å². The van der Waals surface area contributed by atoms with Crippen LogP contribution >= 0.6 is 0 Å². The molecule has 0 spiro atoms. The van der Waals surface area contributed by atoms with Crippen molar-refractivity contribution < 1.29 is 9.53 Å². The van der Waals surface area contributed by atoms with Crippen molar-refractivity contribution in [2.45, 2.75) is 26.2 Å². The number of carbonyl (C=O) groups excluding carboxylic acids is 1. The Balaban J connectivity index is 1.52. The number of carbonyl (C=O) groups is 1. The zero-order chi connectivity index (χ0) is 19.8. The van der Waals surface area contributed by atoms with Crippen LogP contribution in [0.2, 0.25) is 0 Å². The van der Waals surface area contributed by atoms with Crippen LogP contribution < -0.4 is 4.74 Å². The molecule has 6 heteroatoms. The van der Waals surface area contributed by atoms with Crippen LogP contribution in [0.25, 0.3) is 0 Å². The molecule has 1 aliphatic rings. The molecule has 1 atom stereocenters. The van der Waals surface area contributed by atoms with Gasteiger partial charge in [0, 0.05) is 38.6 Å². The van der Waals surface area contributed by atoms with Gasteiger partial charge in [-0.05, 0) is 56.3 Å². The molecule has 1 fully saturated rings. The summed E-state index contributed by atoms with van der Waals surface area (Å²) in [7, 11) is 1.70. The second-order valence-electron chi connectivity index (χ2n) is 7.34. The topological polar surface area (TPSA) is 58.6 Å². The van der Waals surface area contributed by atoms with Crippen LogP contribution in [0.4, 0.5) is 0 Å². The average Bonchev–Trinajstić information content (AvgIpc) is 2.76. The monoisotopic (exact) mass is 382 g/mol. The van der Waals surface area contributed by atoms with Gasteiger partial charge in [0.05, 0.1) is 13.3 Å². The van der Waals surface area contributed by atoms with Gasteiger partial charge in [0.1, 0.15) is 11.4 Å². The quantitative estimate of drug-likeness (QED) is 0.703. The van der Waals surface area contributed by atoms with Gasteiger partial charge >= 0.3 is 0 Å². The molecule has 0 N–H and O–H groups in total. The van der Waals surface area contributed by atoms with E-state index in [9.17, 15) is 4.79 Å². The van der Waals surface area contributed by atoms with E-state index in [0.29, 0.717) is 18.2 Å². The van der Waals surface area contributed by atoms with Crippen molar-refractivity contribution in [3.8, 4) is 5.75 Å². The summed E-state index contributed by atoms with van der Waals surface area (Å²) in [5.41, 5.74) is 1.73. The molecule has 0 bridgehead atoms. The van der Waals surface area contributed by atoms with Gasteiger partial charge in [-0.1, -0.05) is 12.1 Å². The predicted octanol–water partition coefficient (Wildman–Crippen LogP) is 2.90. The molecule has 1 amide bonds. The lowest BCUT2D eigenvalue weighted by molar-refractivity contribution is 0.0684. The van der Waals surface area contributed by atoms with Crippen LogP contribution in [-0.2, 0) is 6.42 Å². The highest BCUT2D eigenvalue weighted by molar-refractivity contribution is 5.91. The van der Waals surface area contributed by atoms with Gasteiger partial charge in [-0.25, -0.2) is 4.98 Å². The Labute approximate surface area is 167 Å². The van der Waals surface area contributed by atoms with Crippen LogP contribution in [0.3, 0.4) is 0 Å². The van der Waals surface area contributed by atoms with E-state index in [1.54, 1.807) is 25.7 Å². The van der Waals surface area contributed by atoms with Gasteiger partial charge in [0.25, 0.3) is 5.91 Å². The molecular weight excluding hydrogens is 352 g/mol. The fraction of sp³-hybridized carbons (Fsp3) is 0.500. The Morgan fingerprint density at radius 3 is 3.00 bits per heavy atom. The molecule has 150 valence electrons. The summed E-state index contributed by atoms with van der Waals surface area (Å²) >= 11 is 0. The summed E-state index contributed by atoms with van der Waals surface area (Å²) in [6.45, 7) is 6.70. The van der Waals surface area contributed by atoms with Crippen molar-refractivity contribution in [3.05, 3.63) is 54.1 Å². The van der Waals surface area contributed by atoms with Crippen molar-refractivity contribution in [2.75, 3.05) is 39.8 Å². The molecular formula is C22H30N4O2. The van der Waals surface area contributed by atoms with Crippen LogP contribution in [0.15, 0.2) is 42.9 Å².